The van der Waals surface area contributed by atoms with Crippen molar-refractivity contribution in [2.75, 3.05) is 36.8 Å². The van der Waals surface area contributed by atoms with E-state index in [1.807, 2.05) is 0 Å². The highest BCUT2D eigenvalue weighted by atomic mass is 35.5. The molecule has 1 aliphatic heterocycles. The van der Waals surface area contributed by atoms with Crippen LogP contribution in [-0.2, 0) is 4.79 Å². The number of aliphatic carboxylic acids is 1. The molecule has 178 valence electrons. The maximum Gasteiger partial charge on any atom is 0.490 e. The summed E-state index contributed by atoms with van der Waals surface area (Å²) in [5.41, 5.74) is 0.228. The molecule has 0 radical (unpaired) electrons. The second kappa shape index (κ2) is 11.4. The molecule has 1 saturated heterocycles. The Morgan fingerprint density at radius 3 is 2.27 bits per heavy atom. The maximum absolute atomic E-state index is 13.6. The molecule has 3 rings (SSSR count). The molecule has 0 saturated carbocycles. The van der Waals surface area contributed by atoms with E-state index in [9.17, 15) is 27.2 Å². The van der Waals surface area contributed by atoms with Gasteiger partial charge in [0.1, 0.15) is 11.6 Å². The SMILES string of the molecule is O=C(Nc1ccc(Cl)cn1)c1cc(F)ccc1NC(=O)N1CCNCC1.O=C(O)C(F)(F)F. The van der Waals surface area contributed by atoms with E-state index in [1.165, 1.54) is 24.4 Å². The van der Waals surface area contributed by atoms with E-state index in [0.29, 0.717) is 31.2 Å². The van der Waals surface area contributed by atoms with Crippen LogP contribution < -0.4 is 16.0 Å². The molecule has 0 unspecified atom stereocenters. The van der Waals surface area contributed by atoms with Gasteiger partial charge in [-0.2, -0.15) is 13.2 Å². The minimum absolute atomic E-state index is 0.00485. The monoisotopic (exact) mass is 491 g/mol. The number of nitrogens with one attached hydrogen (secondary N) is 3. The number of alkyl halides is 3. The Kier molecular flexibility index (Phi) is 8.94. The van der Waals surface area contributed by atoms with Gasteiger partial charge in [0.15, 0.2) is 0 Å². The predicted molar refractivity (Wildman–Crippen MR) is 111 cm³/mol. The van der Waals surface area contributed by atoms with E-state index in [2.05, 4.69) is 20.9 Å². The molecule has 1 aromatic carbocycles. The lowest BCUT2D eigenvalue weighted by molar-refractivity contribution is -0.192. The lowest BCUT2D eigenvalue weighted by Crippen LogP contribution is -2.48. The first-order chi connectivity index (χ1) is 15.5. The van der Waals surface area contributed by atoms with Gasteiger partial charge in [0.25, 0.3) is 5.91 Å². The first-order valence-electron chi connectivity index (χ1n) is 9.26. The summed E-state index contributed by atoms with van der Waals surface area (Å²) in [6.07, 6.45) is -3.70. The summed E-state index contributed by atoms with van der Waals surface area (Å²) in [7, 11) is 0. The fourth-order valence-corrected chi connectivity index (χ4v) is 2.62. The number of halogens is 5. The molecule has 1 aliphatic rings. The number of pyridine rings is 1. The third-order valence-electron chi connectivity index (χ3n) is 4.08. The molecule has 0 atom stereocenters. The van der Waals surface area contributed by atoms with Gasteiger partial charge in [-0.1, -0.05) is 11.6 Å². The molecule has 2 heterocycles. The van der Waals surface area contributed by atoms with Crippen molar-refractivity contribution in [1.29, 1.82) is 0 Å². The minimum Gasteiger partial charge on any atom is -0.475 e. The molecule has 0 spiro atoms. The van der Waals surface area contributed by atoms with Crippen LogP contribution in [0.1, 0.15) is 10.4 Å². The van der Waals surface area contributed by atoms with E-state index < -0.39 is 23.9 Å². The number of carbonyl (C=O) groups is 3. The molecule has 0 aliphatic carbocycles. The number of benzene rings is 1. The van der Waals surface area contributed by atoms with E-state index >= 15 is 0 Å². The average Bonchev–Trinajstić information content (AvgIpc) is 2.77. The van der Waals surface area contributed by atoms with Crippen molar-refractivity contribution in [3.8, 4) is 0 Å². The van der Waals surface area contributed by atoms with Crippen LogP contribution in [0.5, 0.6) is 0 Å². The summed E-state index contributed by atoms with van der Waals surface area (Å²) in [5.74, 6) is -3.66. The number of anilines is 2. The average molecular weight is 492 g/mol. The number of rotatable bonds is 3. The Bertz CT molecular complexity index is 999. The van der Waals surface area contributed by atoms with Crippen LogP contribution in [0.4, 0.5) is 33.9 Å². The van der Waals surface area contributed by atoms with Gasteiger partial charge in [0.05, 0.1) is 16.3 Å². The lowest BCUT2D eigenvalue weighted by Gasteiger charge is -2.27. The first-order valence-corrected chi connectivity index (χ1v) is 9.64. The van der Waals surface area contributed by atoms with Crippen molar-refractivity contribution >= 4 is 41.0 Å². The van der Waals surface area contributed by atoms with Crippen LogP contribution in [0, 0.1) is 5.82 Å². The molecule has 1 aromatic heterocycles. The van der Waals surface area contributed by atoms with Crippen molar-refractivity contribution in [2.45, 2.75) is 6.18 Å². The van der Waals surface area contributed by atoms with Gasteiger partial charge < -0.3 is 26.0 Å². The van der Waals surface area contributed by atoms with Gasteiger partial charge in [0.2, 0.25) is 0 Å². The van der Waals surface area contributed by atoms with Crippen LogP contribution in [0.2, 0.25) is 5.02 Å². The summed E-state index contributed by atoms with van der Waals surface area (Å²) in [6, 6.07) is 6.38. The van der Waals surface area contributed by atoms with Gasteiger partial charge in [-0.15, -0.1) is 0 Å². The standard InChI is InChI=1S/C17H17ClFN5O2.C2HF3O2/c18-11-1-4-15(21-10-11)23-16(25)13-9-12(19)2-3-14(13)22-17(26)24-7-5-20-6-8-24;3-2(4,5)1(6)7/h1-4,9-10,20H,5-8H2,(H,22,26)(H,21,23,25);(H,6,7). The number of hydrogen-bond donors (Lipinski definition) is 4. The second-order valence-electron chi connectivity index (χ2n) is 6.48. The fraction of sp³-hybridized carbons (Fsp3) is 0.263. The van der Waals surface area contributed by atoms with Gasteiger partial charge in [-0.25, -0.2) is 19.0 Å². The van der Waals surface area contributed by atoms with E-state index in [1.54, 1.807) is 11.0 Å². The van der Waals surface area contributed by atoms with Crippen molar-refractivity contribution < 1.29 is 37.1 Å². The van der Waals surface area contributed by atoms with E-state index in [4.69, 9.17) is 21.5 Å². The number of carboxylic acid groups (broad SMARTS) is 1. The van der Waals surface area contributed by atoms with Gasteiger partial charge in [0, 0.05) is 32.4 Å². The van der Waals surface area contributed by atoms with Gasteiger partial charge in [-0.3, -0.25) is 4.79 Å². The van der Waals surface area contributed by atoms with Crippen LogP contribution in [0.3, 0.4) is 0 Å². The third-order valence-corrected chi connectivity index (χ3v) is 4.31. The number of carbonyl (C=O) groups excluding carboxylic acids is 2. The van der Waals surface area contributed by atoms with Crippen molar-refractivity contribution in [3.63, 3.8) is 0 Å². The maximum atomic E-state index is 13.6. The van der Waals surface area contributed by atoms with Crippen molar-refractivity contribution in [2.24, 2.45) is 0 Å². The number of amides is 3. The molecule has 0 bridgehead atoms. The largest absolute Gasteiger partial charge is 0.490 e. The lowest BCUT2D eigenvalue weighted by atomic mass is 10.1. The number of aromatic nitrogens is 1. The summed E-state index contributed by atoms with van der Waals surface area (Å²) >= 11 is 5.76. The number of nitrogens with zero attached hydrogens (tertiary/aromatic N) is 2. The molecule has 9 nitrogen and oxygen atoms in total. The minimum atomic E-state index is -5.08. The number of hydrogen-bond acceptors (Lipinski definition) is 5. The zero-order chi connectivity index (χ0) is 24.6. The van der Waals surface area contributed by atoms with Crippen LogP contribution in [0.25, 0.3) is 0 Å². The Balaban J connectivity index is 0.000000479. The smallest absolute Gasteiger partial charge is 0.475 e. The highest BCUT2D eigenvalue weighted by molar-refractivity contribution is 6.30. The van der Waals surface area contributed by atoms with E-state index in [-0.39, 0.29) is 23.1 Å². The zero-order valence-electron chi connectivity index (χ0n) is 16.7. The Morgan fingerprint density at radius 1 is 1.09 bits per heavy atom. The summed E-state index contributed by atoms with van der Waals surface area (Å²) in [6.45, 7) is 2.52. The summed E-state index contributed by atoms with van der Waals surface area (Å²) in [4.78, 5) is 39.4. The molecule has 3 amide bonds. The number of carboxylic acids is 1. The predicted octanol–water partition coefficient (Wildman–Crippen LogP) is 3.20. The Morgan fingerprint density at radius 2 is 1.73 bits per heavy atom. The zero-order valence-corrected chi connectivity index (χ0v) is 17.5. The van der Waals surface area contributed by atoms with Crippen molar-refractivity contribution in [3.05, 3.63) is 52.9 Å². The molecule has 1 fully saturated rings. The summed E-state index contributed by atoms with van der Waals surface area (Å²) in [5, 5.41) is 15.9. The third kappa shape index (κ3) is 8.20. The van der Waals surface area contributed by atoms with Gasteiger partial charge in [-0.05, 0) is 30.3 Å². The Hall–Kier alpha value is -3.45. The molecule has 4 N–H and O–H groups in total. The fourth-order valence-electron chi connectivity index (χ4n) is 2.51. The molecule has 2 aromatic rings. The topological polar surface area (TPSA) is 124 Å². The van der Waals surface area contributed by atoms with Crippen LogP contribution in [-0.4, -0.2) is 65.3 Å². The summed E-state index contributed by atoms with van der Waals surface area (Å²) < 4.78 is 45.4. The highest BCUT2D eigenvalue weighted by Gasteiger charge is 2.38. The molecular weight excluding hydrogens is 474 g/mol. The second-order valence-corrected chi connectivity index (χ2v) is 6.91. The number of piperazine rings is 1. The Labute approximate surface area is 189 Å². The van der Waals surface area contributed by atoms with Gasteiger partial charge >= 0.3 is 18.2 Å². The first kappa shape index (κ1) is 25.8. The van der Waals surface area contributed by atoms with Crippen LogP contribution in [0.15, 0.2) is 36.5 Å². The quantitative estimate of drug-likeness (QED) is 0.489. The van der Waals surface area contributed by atoms with Crippen molar-refractivity contribution in [1.82, 2.24) is 15.2 Å². The normalized spacial score (nSPS) is 13.4. The molecule has 14 heteroatoms. The van der Waals surface area contributed by atoms with E-state index in [0.717, 1.165) is 6.07 Å². The highest BCUT2D eigenvalue weighted by Crippen LogP contribution is 2.20. The van der Waals surface area contributed by atoms with Crippen LogP contribution >= 0.6 is 11.6 Å². The molecule has 33 heavy (non-hydrogen) atoms. The molecular formula is C19H18ClF4N5O4. The number of urea groups is 1.